The summed E-state index contributed by atoms with van der Waals surface area (Å²) < 4.78 is 46.3. The number of amides is 2. The molecule has 2 aromatic rings. The van der Waals surface area contributed by atoms with Crippen molar-refractivity contribution in [1.82, 2.24) is 19.8 Å². The van der Waals surface area contributed by atoms with Gasteiger partial charge in [0, 0.05) is 24.8 Å². The summed E-state index contributed by atoms with van der Waals surface area (Å²) in [5.74, 6) is -0.451. The van der Waals surface area contributed by atoms with Crippen LogP contribution in [0, 0.1) is 0 Å². The highest BCUT2D eigenvalue weighted by atomic mass is 19.4. The van der Waals surface area contributed by atoms with Gasteiger partial charge in [-0.25, -0.2) is 4.98 Å². The molecule has 0 spiro atoms. The van der Waals surface area contributed by atoms with E-state index < -0.39 is 17.9 Å². The minimum Gasteiger partial charge on any atom is -0.373 e. The average Bonchev–Trinajstić information content (AvgIpc) is 3.49. The zero-order valence-corrected chi connectivity index (χ0v) is 18.2. The third-order valence-electron chi connectivity index (χ3n) is 6.83. The van der Waals surface area contributed by atoms with E-state index in [-0.39, 0.29) is 24.5 Å². The number of pyridine rings is 1. The van der Waals surface area contributed by atoms with E-state index in [0.717, 1.165) is 18.9 Å². The van der Waals surface area contributed by atoms with Crippen LogP contribution in [0.4, 0.5) is 13.2 Å². The van der Waals surface area contributed by atoms with Crippen LogP contribution in [-0.2, 0) is 30.5 Å². The van der Waals surface area contributed by atoms with Crippen molar-refractivity contribution in [3.8, 4) is 0 Å². The first-order chi connectivity index (χ1) is 15.7. The summed E-state index contributed by atoms with van der Waals surface area (Å²) in [6.45, 7) is 3.90. The quantitative estimate of drug-likeness (QED) is 0.758. The Bertz CT molecular complexity index is 1110. The largest absolute Gasteiger partial charge is 0.433 e. The molecule has 3 aliphatic rings. The van der Waals surface area contributed by atoms with Gasteiger partial charge in [0.25, 0.3) is 11.8 Å². The molecule has 7 nitrogen and oxygen atoms in total. The maximum absolute atomic E-state index is 13.2. The van der Waals surface area contributed by atoms with Gasteiger partial charge in [0.1, 0.15) is 11.4 Å². The number of ether oxygens (including phenoxy) is 1. The number of aromatic nitrogens is 2. The monoisotopic (exact) mass is 462 g/mol. The summed E-state index contributed by atoms with van der Waals surface area (Å²) in [6.07, 6.45) is -1.75. The molecule has 33 heavy (non-hydrogen) atoms. The molecular formula is C23H25F3N4O3. The van der Waals surface area contributed by atoms with Crippen LogP contribution in [0.1, 0.15) is 75.7 Å². The van der Waals surface area contributed by atoms with Crippen molar-refractivity contribution in [2.24, 2.45) is 0 Å². The molecule has 1 saturated heterocycles. The number of fused-ring (bicyclic) bond motifs is 2. The van der Waals surface area contributed by atoms with Gasteiger partial charge in [-0.3, -0.25) is 9.59 Å². The topological polar surface area (TPSA) is 76.5 Å². The van der Waals surface area contributed by atoms with E-state index >= 15 is 0 Å². The van der Waals surface area contributed by atoms with Crippen LogP contribution >= 0.6 is 0 Å². The zero-order valence-electron chi connectivity index (χ0n) is 18.2. The number of hydrogen-bond acceptors (Lipinski definition) is 4. The van der Waals surface area contributed by atoms with Gasteiger partial charge in [-0.15, -0.1) is 0 Å². The van der Waals surface area contributed by atoms with Gasteiger partial charge in [0.2, 0.25) is 0 Å². The number of nitrogens with one attached hydrogen (secondary N) is 1. The van der Waals surface area contributed by atoms with Crippen molar-refractivity contribution in [3.63, 3.8) is 0 Å². The fraction of sp³-hybridized carbons (Fsp3) is 0.522. The van der Waals surface area contributed by atoms with Crippen LogP contribution in [0.3, 0.4) is 0 Å². The maximum atomic E-state index is 13.2. The summed E-state index contributed by atoms with van der Waals surface area (Å²) in [5, 5.41) is 2.94. The Hall–Kier alpha value is -2.88. The maximum Gasteiger partial charge on any atom is 0.433 e. The Labute approximate surface area is 188 Å². The van der Waals surface area contributed by atoms with Gasteiger partial charge in [-0.05, 0) is 50.3 Å². The van der Waals surface area contributed by atoms with E-state index in [2.05, 4.69) is 10.3 Å². The molecule has 176 valence electrons. The molecule has 0 aromatic carbocycles. The van der Waals surface area contributed by atoms with E-state index in [0.29, 0.717) is 60.7 Å². The molecule has 4 heterocycles. The molecule has 2 aliphatic heterocycles. The molecule has 1 aliphatic carbocycles. The number of rotatable bonds is 3. The lowest BCUT2D eigenvalue weighted by Crippen LogP contribution is -2.35. The van der Waals surface area contributed by atoms with E-state index in [1.807, 2.05) is 16.4 Å². The van der Waals surface area contributed by atoms with E-state index in [1.165, 1.54) is 6.07 Å². The fourth-order valence-electron chi connectivity index (χ4n) is 5.09. The van der Waals surface area contributed by atoms with Crippen LogP contribution < -0.4 is 5.32 Å². The minimum absolute atomic E-state index is 0.0858. The second kappa shape index (κ2) is 8.16. The molecule has 1 fully saturated rings. The number of hydrogen-bond donors (Lipinski definition) is 1. The third kappa shape index (κ3) is 3.90. The number of carbonyl (C=O) groups excluding carboxylic acids is 2. The first kappa shape index (κ1) is 21.9. The molecule has 2 atom stereocenters. The second-order valence-corrected chi connectivity index (χ2v) is 8.88. The predicted molar refractivity (Wildman–Crippen MR) is 112 cm³/mol. The molecule has 10 heteroatoms. The molecule has 0 saturated carbocycles. The standard InChI is InChI=1S/C23H25F3N4O3/c1-13-3-2-8-29(13)22(32)18-11-15(19-12-33-10-9-30(18)19)21(31)28-17-6-5-16-14(17)4-7-20(27-16)23(24,25)26/h4,7,11,13,17H,2-3,5-6,8-10,12H2,1H3,(H,28,31). The lowest BCUT2D eigenvalue weighted by molar-refractivity contribution is -0.141. The Morgan fingerprint density at radius 1 is 1.21 bits per heavy atom. The van der Waals surface area contributed by atoms with E-state index in [4.69, 9.17) is 4.74 Å². The second-order valence-electron chi connectivity index (χ2n) is 8.88. The van der Waals surface area contributed by atoms with Crippen molar-refractivity contribution in [1.29, 1.82) is 0 Å². The number of carbonyl (C=O) groups is 2. The highest BCUT2D eigenvalue weighted by Crippen LogP contribution is 2.35. The highest BCUT2D eigenvalue weighted by molar-refractivity contribution is 6.01. The number of nitrogens with zero attached hydrogens (tertiary/aromatic N) is 3. The average molecular weight is 462 g/mol. The van der Waals surface area contributed by atoms with Crippen LogP contribution in [-0.4, -0.2) is 45.5 Å². The Morgan fingerprint density at radius 3 is 2.76 bits per heavy atom. The molecule has 1 N–H and O–H groups in total. The van der Waals surface area contributed by atoms with Gasteiger partial charge in [-0.2, -0.15) is 13.2 Å². The summed E-state index contributed by atoms with van der Waals surface area (Å²) in [7, 11) is 0. The van der Waals surface area contributed by atoms with E-state index in [9.17, 15) is 22.8 Å². The van der Waals surface area contributed by atoms with Crippen LogP contribution in [0.25, 0.3) is 0 Å². The van der Waals surface area contributed by atoms with Crippen molar-refractivity contribution in [2.75, 3.05) is 13.2 Å². The van der Waals surface area contributed by atoms with Crippen molar-refractivity contribution >= 4 is 11.8 Å². The lowest BCUT2D eigenvalue weighted by Gasteiger charge is -2.24. The van der Waals surface area contributed by atoms with Crippen molar-refractivity contribution in [3.05, 3.63) is 52.1 Å². The number of halogens is 3. The SMILES string of the molecule is CC1CCCN1C(=O)c1cc(C(=O)NC2CCc3nc(C(F)(F)F)ccc32)c2n1CCOC2. The first-order valence-electron chi connectivity index (χ1n) is 11.2. The van der Waals surface area contributed by atoms with Crippen molar-refractivity contribution < 1.29 is 27.5 Å². The highest BCUT2D eigenvalue weighted by Gasteiger charge is 2.36. The zero-order chi connectivity index (χ0) is 23.3. The summed E-state index contributed by atoms with van der Waals surface area (Å²) in [5.41, 5.74) is 1.54. The van der Waals surface area contributed by atoms with Crippen LogP contribution in [0.15, 0.2) is 18.2 Å². The first-order valence-corrected chi connectivity index (χ1v) is 11.2. The van der Waals surface area contributed by atoms with Gasteiger partial charge < -0.3 is 19.5 Å². The van der Waals surface area contributed by atoms with Crippen LogP contribution in [0.2, 0.25) is 0 Å². The Balaban J connectivity index is 1.40. The van der Waals surface area contributed by atoms with Gasteiger partial charge in [0.15, 0.2) is 0 Å². The number of likely N-dealkylation sites (tertiary alicyclic amines) is 1. The third-order valence-corrected chi connectivity index (χ3v) is 6.83. The molecule has 2 unspecified atom stereocenters. The molecule has 2 aromatic heterocycles. The molecule has 5 rings (SSSR count). The van der Waals surface area contributed by atoms with Gasteiger partial charge in [-0.1, -0.05) is 6.07 Å². The predicted octanol–water partition coefficient (Wildman–Crippen LogP) is 3.47. The Kier molecular flexibility index (Phi) is 5.43. The summed E-state index contributed by atoms with van der Waals surface area (Å²) >= 11 is 0. The molecule has 0 radical (unpaired) electrons. The smallest absolute Gasteiger partial charge is 0.373 e. The number of aryl methyl sites for hydroxylation is 1. The number of alkyl halides is 3. The molecular weight excluding hydrogens is 437 g/mol. The fourth-order valence-corrected chi connectivity index (χ4v) is 5.09. The molecule has 2 amide bonds. The Morgan fingerprint density at radius 2 is 2.03 bits per heavy atom. The van der Waals surface area contributed by atoms with Gasteiger partial charge in [0.05, 0.1) is 30.5 Å². The minimum atomic E-state index is -4.50. The summed E-state index contributed by atoms with van der Waals surface area (Å²) in [4.78, 5) is 32.0. The van der Waals surface area contributed by atoms with Crippen molar-refractivity contribution in [2.45, 2.75) is 64.0 Å². The van der Waals surface area contributed by atoms with Crippen LogP contribution in [0.5, 0.6) is 0 Å². The van der Waals surface area contributed by atoms with E-state index in [1.54, 1.807) is 6.07 Å². The summed E-state index contributed by atoms with van der Waals surface area (Å²) in [6, 6.07) is 3.70. The normalized spacial score (nSPS) is 22.2. The molecule has 0 bridgehead atoms. The van der Waals surface area contributed by atoms with Gasteiger partial charge >= 0.3 is 6.18 Å². The lowest BCUT2D eigenvalue weighted by atomic mass is 10.1.